The van der Waals surface area contributed by atoms with Crippen molar-refractivity contribution in [2.24, 2.45) is 0 Å². The molecule has 0 saturated carbocycles. The van der Waals surface area contributed by atoms with Crippen molar-refractivity contribution < 1.29 is 22.4 Å². The van der Waals surface area contributed by atoms with Crippen LogP contribution >= 0.6 is 0 Å². The fraction of sp³-hybridized carbons (Fsp3) is 0.300. The van der Waals surface area contributed by atoms with Gasteiger partial charge in [-0.25, -0.2) is 4.39 Å². The van der Waals surface area contributed by atoms with E-state index in [2.05, 4.69) is 5.32 Å². The van der Waals surface area contributed by atoms with Gasteiger partial charge in [0.05, 0.1) is 6.42 Å². The molecular formula is C10H9F4NO. The van der Waals surface area contributed by atoms with Gasteiger partial charge in [0.2, 0.25) is 5.91 Å². The quantitative estimate of drug-likeness (QED) is 0.784. The molecule has 2 nitrogen and oxygen atoms in total. The third-order valence-corrected chi connectivity index (χ3v) is 1.77. The largest absolute Gasteiger partial charge is 0.393 e. The summed E-state index contributed by atoms with van der Waals surface area (Å²) in [6.45, 7) is 1.17. The van der Waals surface area contributed by atoms with Gasteiger partial charge < -0.3 is 5.32 Å². The smallest absolute Gasteiger partial charge is 0.326 e. The van der Waals surface area contributed by atoms with Crippen molar-refractivity contribution in [2.45, 2.75) is 19.5 Å². The van der Waals surface area contributed by atoms with Gasteiger partial charge >= 0.3 is 6.18 Å². The van der Waals surface area contributed by atoms with Crippen LogP contribution in [0, 0.1) is 5.82 Å². The number of nitrogens with one attached hydrogen (secondary N) is 1. The zero-order valence-electron chi connectivity index (χ0n) is 8.36. The molecule has 0 atom stereocenters. The van der Waals surface area contributed by atoms with Gasteiger partial charge in [-0.05, 0) is 23.8 Å². The number of rotatable bonds is 2. The topological polar surface area (TPSA) is 29.1 Å². The Bertz CT molecular complexity index is 400. The van der Waals surface area contributed by atoms with Crippen LogP contribution in [0.25, 0.3) is 0 Å². The molecule has 1 rings (SSSR count). The van der Waals surface area contributed by atoms with Crippen LogP contribution < -0.4 is 5.32 Å². The number of anilines is 1. The SMILES string of the molecule is CC(=O)Nc1ccc(F)cc1CC(F)(F)F. The fourth-order valence-electron chi connectivity index (χ4n) is 1.24. The molecule has 0 aliphatic carbocycles. The standard InChI is InChI=1S/C10H9F4NO/c1-6(16)15-9-3-2-8(11)4-7(9)5-10(12,13)14/h2-4H,5H2,1H3,(H,15,16). The van der Waals surface area contributed by atoms with Gasteiger partial charge in [-0.2, -0.15) is 13.2 Å². The summed E-state index contributed by atoms with van der Waals surface area (Å²) in [5.74, 6) is -1.27. The van der Waals surface area contributed by atoms with E-state index in [4.69, 9.17) is 0 Å². The number of carbonyl (C=O) groups excluding carboxylic acids is 1. The van der Waals surface area contributed by atoms with Crippen molar-refractivity contribution in [2.75, 3.05) is 5.32 Å². The predicted molar refractivity (Wildman–Crippen MR) is 50.5 cm³/mol. The second-order valence-electron chi connectivity index (χ2n) is 3.27. The van der Waals surface area contributed by atoms with Crippen LogP contribution in [-0.2, 0) is 11.2 Å². The highest BCUT2D eigenvalue weighted by atomic mass is 19.4. The molecule has 0 aliphatic heterocycles. The summed E-state index contributed by atoms with van der Waals surface area (Å²) < 4.78 is 49.2. The van der Waals surface area contributed by atoms with Gasteiger partial charge in [0.25, 0.3) is 0 Å². The summed E-state index contributed by atoms with van der Waals surface area (Å²) in [5, 5.41) is 2.22. The van der Waals surface area contributed by atoms with Gasteiger partial charge in [0, 0.05) is 12.6 Å². The Morgan fingerprint density at radius 2 is 2.00 bits per heavy atom. The maximum Gasteiger partial charge on any atom is 0.393 e. The molecule has 1 aromatic carbocycles. The lowest BCUT2D eigenvalue weighted by atomic mass is 10.1. The third kappa shape index (κ3) is 3.88. The highest BCUT2D eigenvalue weighted by molar-refractivity contribution is 5.89. The van der Waals surface area contributed by atoms with E-state index >= 15 is 0 Å². The average molecular weight is 235 g/mol. The number of benzene rings is 1. The number of hydrogen-bond acceptors (Lipinski definition) is 1. The fourth-order valence-corrected chi connectivity index (χ4v) is 1.24. The number of amides is 1. The van der Waals surface area contributed by atoms with Crippen molar-refractivity contribution in [1.82, 2.24) is 0 Å². The summed E-state index contributed by atoms with van der Waals surface area (Å²) in [5.41, 5.74) is -0.311. The molecule has 6 heteroatoms. The van der Waals surface area contributed by atoms with E-state index < -0.39 is 24.3 Å². The molecule has 0 spiro atoms. The molecule has 1 aromatic rings. The predicted octanol–water partition coefficient (Wildman–Crippen LogP) is 2.89. The Labute approximate surface area is 89.3 Å². The van der Waals surface area contributed by atoms with E-state index in [0.717, 1.165) is 18.2 Å². The minimum Gasteiger partial charge on any atom is -0.326 e. The number of hydrogen-bond donors (Lipinski definition) is 1. The van der Waals surface area contributed by atoms with Gasteiger partial charge in [-0.1, -0.05) is 0 Å². The first kappa shape index (κ1) is 12.5. The molecule has 16 heavy (non-hydrogen) atoms. The average Bonchev–Trinajstić information content (AvgIpc) is 2.06. The Kier molecular flexibility index (Phi) is 3.51. The van der Waals surface area contributed by atoms with E-state index in [1.807, 2.05) is 0 Å². The van der Waals surface area contributed by atoms with Crippen LogP contribution in [0.1, 0.15) is 12.5 Å². The number of carbonyl (C=O) groups is 1. The van der Waals surface area contributed by atoms with Crippen LogP contribution in [0.15, 0.2) is 18.2 Å². The monoisotopic (exact) mass is 235 g/mol. The van der Waals surface area contributed by atoms with E-state index in [0.29, 0.717) is 0 Å². The summed E-state index contributed by atoms with van der Waals surface area (Å²) in [4.78, 5) is 10.7. The maximum absolute atomic E-state index is 12.8. The molecule has 0 bridgehead atoms. The molecule has 0 heterocycles. The van der Waals surface area contributed by atoms with Crippen LogP contribution in [0.3, 0.4) is 0 Å². The minimum absolute atomic E-state index is 0.0220. The molecular weight excluding hydrogens is 226 g/mol. The lowest BCUT2D eigenvalue weighted by Crippen LogP contribution is -2.15. The van der Waals surface area contributed by atoms with Crippen LogP contribution in [-0.4, -0.2) is 12.1 Å². The van der Waals surface area contributed by atoms with Crippen molar-refractivity contribution in [1.29, 1.82) is 0 Å². The summed E-state index contributed by atoms with van der Waals surface area (Å²) >= 11 is 0. The zero-order valence-corrected chi connectivity index (χ0v) is 8.36. The number of halogens is 4. The van der Waals surface area contributed by atoms with Crippen molar-refractivity contribution in [3.63, 3.8) is 0 Å². The first-order valence-corrected chi connectivity index (χ1v) is 4.41. The van der Waals surface area contributed by atoms with E-state index in [9.17, 15) is 22.4 Å². The van der Waals surface area contributed by atoms with Gasteiger partial charge in [-0.15, -0.1) is 0 Å². The zero-order chi connectivity index (χ0) is 12.3. The summed E-state index contributed by atoms with van der Waals surface area (Å²) in [7, 11) is 0. The Balaban J connectivity index is 3.03. The van der Waals surface area contributed by atoms with Gasteiger partial charge in [0.15, 0.2) is 0 Å². The van der Waals surface area contributed by atoms with E-state index in [1.54, 1.807) is 0 Å². The van der Waals surface area contributed by atoms with Crippen molar-refractivity contribution in [3.8, 4) is 0 Å². The second-order valence-corrected chi connectivity index (χ2v) is 3.27. The Morgan fingerprint density at radius 1 is 1.38 bits per heavy atom. The molecule has 0 fully saturated rings. The number of alkyl halides is 3. The highest BCUT2D eigenvalue weighted by Crippen LogP contribution is 2.26. The van der Waals surface area contributed by atoms with Crippen molar-refractivity contribution >= 4 is 11.6 Å². The molecule has 1 N–H and O–H groups in total. The maximum atomic E-state index is 12.8. The second kappa shape index (κ2) is 4.51. The summed E-state index contributed by atoms with van der Waals surface area (Å²) in [6, 6.07) is 2.86. The highest BCUT2D eigenvalue weighted by Gasteiger charge is 2.29. The molecule has 0 unspecified atom stereocenters. The van der Waals surface area contributed by atoms with Gasteiger partial charge in [0.1, 0.15) is 5.82 Å². The third-order valence-electron chi connectivity index (χ3n) is 1.77. The minimum atomic E-state index is -4.44. The lowest BCUT2D eigenvalue weighted by molar-refractivity contribution is -0.127. The molecule has 0 aromatic heterocycles. The van der Waals surface area contributed by atoms with Gasteiger partial charge in [-0.3, -0.25) is 4.79 Å². The van der Waals surface area contributed by atoms with Crippen molar-refractivity contribution in [3.05, 3.63) is 29.6 Å². The summed E-state index contributed by atoms with van der Waals surface area (Å²) in [6.07, 6.45) is -5.72. The molecule has 0 saturated heterocycles. The normalized spacial score (nSPS) is 11.3. The molecule has 1 amide bonds. The first-order valence-electron chi connectivity index (χ1n) is 4.41. The van der Waals surface area contributed by atoms with E-state index in [-0.39, 0.29) is 11.3 Å². The first-order chi connectivity index (χ1) is 7.28. The van der Waals surface area contributed by atoms with E-state index in [1.165, 1.54) is 6.92 Å². The Morgan fingerprint density at radius 3 is 2.50 bits per heavy atom. The Hall–Kier alpha value is -1.59. The lowest BCUT2D eigenvalue weighted by Gasteiger charge is -2.12. The van der Waals surface area contributed by atoms with Crippen LogP contribution in [0.2, 0.25) is 0 Å². The molecule has 0 aliphatic rings. The van der Waals surface area contributed by atoms with Crippen LogP contribution in [0.4, 0.5) is 23.2 Å². The molecule has 88 valence electrons. The van der Waals surface area contributed by atoms with Crippen LogP contribution in [0.5, 0.6) is 0 Å². The molecule has 0 radical (unpaired) electrons.